The van der Waals surface area contributed by atoms with Crippen LogP contribution in [0.1, 0.15) is 48.5 Å². The molecule has 0 radical (unpaired) electrons. The van der Waals surface area contributed by atoms with Crippen LogP contribution in [-0.4, -0.2) is 35.7 Å². The van der Waals surface area contributed by atoms with Gasteiger partial charge in [0.05, 0.1) is 5.92 Å². The molecule has 1 aromatic carbocycles. The average molecular weight is 328 g/mol. The molecule has 2 atom stereocenters. The molecule has 0 unspecified atom stereocenters. The lowest BCUT2D eigenvalue weighted by atomic mass is 9.97. The van der Waals surface area contributed by atoms with Crippen LogP contribution >= 0.6 is 0 Å². The molecule has 3 rings (SSSR count). The van der Waals surface area contributed by atoms with E-state index in [0.717, 1.165) is 31.5 Å². The third-order valence-corrected chi connectivity index (χ3v) is 5.05. The van der Waals surface area contributed by atoms with Crippen molar-refractivity contribution in [3.05, 3.63) is 35.4 Å². The van der Waals surface area contributed by atoms with Gasteiger partial charge >= 0.3 is 0 Å². The van der Waals surface area contributed by atoms with Gasteiger partial charge in [0.1, 0.15) is 0 Å². The van der Waals surface area contributed by atoms with Crippen LogP contribution in [0.5, 0.6) is 0 Å². The van der Waals surface area contributed by atoms with E-state index in [2.05, 4.69) is 12.2 Å². The molecule has 0 aliphatic carbocycles. The predicted molar refractivity (Wildman–Crippen MR) is 90.3 cm³/mol. The highest BCUT2D eigenvalue weighted by molar-refractivity contribution is 6.03. The van der Waals surface area contributed by atoms with Gasteiger partial charge in [0, 0.05) is 25.1 Å². The second-order valence-electron chi connectivity index (χ2n) is 7.04. The first kappa shape index (κ1) is 16.7. The van der Waals surface area contributed by atoms with Crippen LogP contribution in [-0.2, 0) is 16.0 Å². The molecule has 2 heterocycles. The van der Waals surface area contributed by atoms with Crippen LogP contribution in [0.2, 0.25) is 0 Å². The Morgan fingerprint density at radius 1 is 1.17 bits per heavy atom. The van der Waals surface area contributed by atoms with E-state index in [4.69, 9.17) is 0 Å². The van der Waals surface area contributed by atoms with Crippen molar-refractivity contribution in [1.82, 2.24) is 10.2 Å². The average Bonchev–Trinajstić information content (AvgIpc) is 2.74. The largest absolute Gasteiger partial charge is 0.339 e. The van der Waals surface area contributed by atoms with Crippen molar-refractivity contribution in [3.8, 4) is 0 Å². The highest BCUT2D eigenvalue weighted by atomic mass is 16.2. The summed E-state index contributed by atoms with van der Waals surface area (Å²) in [4.78, 5) is 37.5. The standard InChI is InChI=1S/C19H24N2O3/c1-13-3-2-9-21(10-8-13)19(24)15-6-4-14(5-7-15)11-16-12-17(22)20-18(16)23/h4-7,13,16H,2-3,8-12H2,1H3,(H,20,22,23)/t13-,16+/m0/s1. The molecule has 3 amide bonds. The minimum absolute atomic E-state index is 0.0874. The van der Waals surface area contributed by atoms with Gasteiger partial charge in [-0.05, 0) is 49.3 Å². The molecule has 0 spiro atoms. The van der Waals surface area contributed by atoms with Crippen molar-refractivity contribution < 1.29 is 14.4 Å². The number of nitrogens with zero attached hydrogens (tertiary/aromatic N) is 1. The van der Waals surface area contributed by atoms with Crippen LogP contribution in [0.4, 0.5) is 0 Å². The van der Waals surface area contributed by atoms with Gasteiger partial charge in [0.25, 0.3) is 5.91 Å². The van der Waals surface area contributed by atoms with Crippen LogP contribution in [0.3, 0.4) is 0 Å². The third kappa shape index (κ3) is 3.83. The van der Waals surface area contributed by atoms with Crippen molar-refractivity contribution in [2.75, 3.05) is 13.1 Å². The minimum Gasteiger partial charge on any atom is -0.339 e. The lowest BCUT2D eigenvalue weighted by Gasteiger charge is -2.20. The monoisotopic (exact) mass is 328 g/mol. The Morgan fingerprint density at radius 3 is 2.58 bits per heavy atom. The van der Waals surface area contributed by atoms with Gasteiger partial charge < -0.3 is 4.90 Å². The number of hydrogen-bond acceptors (Lipinski definition) is 3. The third-order valence-electron chi connectivity index (χ3n) is 5.05. The number of rotatable bonds is 3. The second-order valence-corrected chi connectivity index (χ2v) is 7.04. The number of imide groups is 1. The molecular weight excluding hydrogens is 304 g/mol. The molecule has 2 fully saturated rings. The van der Waals surface area contributed by atoms with Crippen molar-refractivity contribution in [2.24, 2.45) is 11.8 Å². The summed E-state index contributed by atoms with van der Waals surface area (Å²) in [5.41, 5.74) is 1.67. The van der Waals surface area contributed by atoms with Crippen LogP contribution in [0.15, 0.2) is 24.3 Å². The highest BCUT2D eigenvalue weighted by Crippen LogP contribution is 2.20. The fraction of sp³-hybridized carbons (Fsp3) is 0.526. The number of carbonyl (C=O) groups is 3. The first-order valence-corrected chi connectivity index (χ1v) is 8.75. The number of benzene rings is 1. The van der Waals surface area contributed by atoms with Crippen LogP contribution < -0.4 is 5.32 Å². The van der Waals surface area contributed by atoms with E-state index in [1.807, 2.05) is 29.2 Å². The molecule has 1 aromatic rings. The summed E-state index contributed by atoms with van der Waals surface area (Å²) in [5.74, 6) is 0.0899. The van der Waals surface area contributed by atoms with Crippen LogP contribution in [0.25, 0.3) is 0 Å². The molecule has 5 heteroatoms. The molecule has 1 N–H and O–H groups in total. The Hall–Kier alpha value is -2.17. The minimum atomic E-state index is -0.286. The molecular formula is C19H24N2O3. The molecule has 2 aliphatic rings. The maximum atomic E-state index is 12.6. The van der Waals surface area contributed by atoms with Gasteiger partial charge in [-0.15, -0.1) is 0 Å². The van der Waals surface area contributed by atoms with E-state index in [1.54, 1.807) is 0 Å². The molecule has 0 bridgehead atoms. The Labute approximate surface area is 142 Å². The Kier molecular flexibility index (Phi) is 4.97. The highest BCUT2D eigenvalue weighted by Gasteiger charge is 2.30. The van der Waals surface area contributed by atoms with Crippen molar-refractivity contribution in [3.63, 3.8) is 0 Å². The zero-order chi connectivity index (χ0) is 17.1. The predicted octanol–water partition coefficient (Wildman–Crippen LogP) is 2.15. The van der Waals surface area contributed by atoms with Gasteiger partial charge in [-0.25, -0.2) is 0 Å². The van der Waals surface area contributed by atoms with Gasteiger partial charge in [-0.3, -0.25) is 19.7 Å². The van der Waals surface area contributed by atoms with E-state index in [-0.39, 0.29) is 30.1 Å². The second kappa shape index (κ2) is 7.16. The zero-order valence-corrected chi connectivity index (χ0v) is 14.1. The van der Waals surface area contributed by atoms with E-state index in [1.165, 1.54) is 6.42 Å². The van der Waals surface area contributed by atoms with E-state index in [0.29, 0.717) is 17.9 Å². The van der Waals surface area contributed by atoms with Crippen molar-refractivity contribution in [2.45, 2.75) is 39.0 Å². The normalized spacial score (nSPS) is 24.6. The van der Waals surface area contributed by atoms with Gasteiger partial charge in [-0.2, -0.15) is 0 Å². The number of carbonyl (C=O) groups excluding carboxylic acids is 3. The Balaban J connectivity index is 1.62. The van der Waals surface area contributed by atoms with E-state index in [9.17, 15) is 14.4 Å². The van der Waals surface area contributed by atoms with E-state index < -0.39 is 0 Å². The lowest BCUT2D eigenvalue weighted by molar-refractivity contribution is -0.125. The van der Waals surface area contributed by atoms with E-state index >= 15 is 0 Å². The van der Waals surface area contributed by atoms with Gasteiger partial charge in [0.2, 0.25) is 11.8 Å². The van der Waals surface area contributed by atoms with Crippen molar-refractivity contribution in [1.29, 1.82) is 0 Å². The number of amides is 3. The summed E-state index contributed by atoms with van der Waals surface area (Å²) in [6.45, 7) is 3.90. The Morgan fingerprint density at radius 2 is 1.92 bits per heavy atom. The molecule has 2 aliphatic heterocycles. The summed E-state index contributed by atoms with van der Waals surface area (Å²) in [6.07, 6.45) is 4.11. The molecule has 2 saturated heterocycles. The number of hydrogen-bond donors (Lipinski definition) is 1. The van der Waals surface area contributed by atoms with Crippen LogP contribution in [0, 0.1) is 11.8 Å². The van der Waals surface area contributed by atoms with Gasteiger partial charge in [-0.1, -0.05) is 19.1 Å². The van der Waals surface area contributed by atoms with Gasteiger partial charge in [0.15, 0.2) is 0 Å². The SMILES string of the molecule is C[C@H]1CCCN(C(=O)c2ccc(C[C@@H]3CC(=O)NC3=O)cc2)CC1. The maximum absolute atomic E-state index is 12.6. The molecule has 5 nitrogen and oxygen atoms in total. The molecule has 0 saturated carbocycles. The topological polar surface area (TPSA) is 66.5 Å². The summed E-state index contributed by atoms with van der Waals surface area (Å²) in [5, 5.41) is 2.33. The lowest BCUT2D eigenvalue weighted by Crippen LogP contribution is -2.32. The first-order chi connectivity index (χ1) is 11.5. The van der Waals surface area contributed by atoms with Crippen molar-refractivity contribution >= 4 is 17.7 Å². The quantitative estimate of drug-likeness (QED) is 0.865. The number of nitrogens with one attached hydrogen (secondary N) is 1. The number of likely N-dealkylation sites (tertiary alicyclic amines) is 1. The molecule has 24 heavy (non-hydrogen) atoms. The zero-order valence-electron chi connectivity index (χ0n) is 14.1. The Bertz CT molecular complexity index is 639. The summed E-state index contributed by atoms with van der Waals surface area (Å²) in [6, 6.07) is 7.45. The maximum Gasteiger partial charge on any atom is 0.253 e. The summed E-state index contributed by atoms with van der Waals surface area (Å²) in [7, 11) is 0. The molecule has 128 valence electrons. The first-order valence-electron chi connectivity index (χ1n) is 8.75. The smallest absolute Gasteiger partial charge is 0.253 e. The fourth-order valence-corrected chi connectivity index (χ4v) is 3.49. The summed E-state index contributed by atoms with van der Waals surface area (Å²) < 4.78 is 0. The molecule has 0 aromatic heterocycles. The fourth-order valence-electron chi connectivity index (χ4n) is 3.49. The summed E-state index contributed by atoms with van der Waals surface area (Å²) >= 11 is 0.